The number of benzene rings is 3. The van der Waals surface area contributed by atoms with Gasteiger partial charge in [0.2, 0.25) is 0 Å². The average molecular weight is 555 g/mol. The lowest BCUT2D eigenvalue weighted by Gasteiger charge is -2.34. The van der Waals surface area contributed by atoms with E-state index in [0.29, 0.717) is 47.9 Å². The van der Waals surface area contributed by atoms with Gasteiger partial charge in [-0.3, -0.25) is 14.2 Å². The molecule has 0 saturated carbocycles. The molecule has 1 fully saturated rings. The predicted octanol–water partition coefficient (Wildman–Crippen LogP) is 3.74. The first-order valence-electron chi connectivity index (χ1n) is 13.8. The summed E-state index contributed by atoms with van der Waals surface area (Å²) in [6.07, 6.45) is 3.63. The van der Waals surface area contributed by atoms with Gasteiger partial charge in [0.25, 0.3) is 11.5 Å². The van der Waals surface area contributed by atoms with Crippen molar-refractivity contribution in [2.75, 3.05) is 65.3 Å². The van der Waals surface area contributed by atoms with Gasteiger partial charge in [0.05, 0.1) is 22.3 Å². The summed E-state index contributed by atoms with van der Waals surface area (Å²) < 4.78 is 16.8. The highest BCUT2D eigenvalue weighted by molar-refractivity contribution is 5.94. The Balaban J connectivity index is 1.49. The maximum absolute atomic E-state index is 15.3. The number of fused-ring (bicyclic) bond motifs is 1. The molecule has 1 amide bonds. The van der Waals surface area contributed by atoms with E-state index in [0.717, 1.165) is 25.2 Å². The Hall–Kier alpha value is -4.34. The molecule has 1 aliphatic rings. The van der Waals surface area contributed by atoms with Crippen molar-refractivity contribution in [1.82, 2.24) is 24.7 Å². The molecular weight excluding hydrogens is 519 g/mol. The number of nitrogens with zero attached hydrogens (tertiary/aromatic N) is 5. The topological polar surface area (TPSA) is 73.7 Å². The van der Waals surface area contributed by atoms with Crippen molar-refractivity contribution >= 4 is 34.6 Å². The van der Waals surface area contributed by atoms with E-state index in [2.05, 4.69) is 17.3 Å². The number of aromatic nitrogens is 2. The van der Waals surface area contributed by atoms with Gasteiger partial charge in [0.15, 0.2) is 0 Å². The standard InChI is InChI=1S/C32H35FN6O2/c1-36(2)16-15-34-31(40)24-12-9-23(10-13-24)11-14-30-35-28-22-29(38-19-17-37(3)18-20-38)27(33)21-26(28)32(41)39(30)25-7-5-4-6-8-25/h4-14,21-22H,15-20H2,1-3H3,(H,34,40)/b14-11+. The molecule has 1 N–H and O–H groups in total. The SMILES string of the molecule is CN(C)CCNC(=O)c1ccc(/C=C/c2nc3cc(N4CCN(C)CC4)c(F)cc3c(=O)n2-c2ccccc2)cc1. The van der Waals surface area contributed by atoms with Crippen LogP contribution in [0.2, 0.25) is 0 Å². The number of rotatable bonds is 8. The predicted molar refractivity (Wildman–Crippen MR) is 163 cm³/mol. The number of piperazine rings is 1. The molecule has 2 heterocycles. The van der Waals surface area contributed by atoms with E-state index in [1.165, 1.54) is 10.6 Å². The minimum Gasteiger partial charge on any atom is -0.367 e. The number of halogens is 1. The molecule has 1 aliphatic heterocycles. The zero-order valence-corrected chi connectivity index (χ0v) is 23.7. The minimum absolute atomic E-state index is 0.125. The van der Waals surface area contributed by atoms with Gasteiger partial charge in [-0.1, -0.05) is 36.4 Å². The van der Waals surface area contributed by atoms with E-state index in [-0.39, 0.29) is 16.9 Å². The van der Waals surface area contributed by atoms with Crippen LogP contribution >= 0.6 is 0 Å². The fourth-order valence-corrected chi connectivity index (χ4v) is 4.85. The first-order valence-corrected chi connectivity index (χ1v) is 13.8. The van der Waals surface area contributed by atoms with Crippen molar-refractivity contribution in [3.8, 4) is 5.69 Å². The lowest BCUT2D eigenvalue weighted by atomic mass is 10.1. The molecule has 8 nitrogen and oxygen atoms in total. The van der Waals surface area contributed by atoms with E-state index in [1.807, 2.05) is 72.4 Å². The smallest absolute Gasteiger partial charge is 0.266 e. The Bertz CT molecular complexity index is 1610. The Labute approximate surface area is 239 Å². The summed E-state index contributed by atoms with van der Waals surface area (Å²) in [6.45, 7) is 4.42. The van der Waals surface area contributed by atoms with Gasteiger partial charge >= 0.3 is 0 Å². The minimum atomic E-state index is -0.422. The highest BCUT2D eigenvalue weighted by atomic mass is 19.1. The first-order chi connectivity index (χ1) is 19.8. The van der Waals surface area contributed by atoms with Crippen LogP contribution < -0.4 is 15.8 Å². The monoisotopic (exact) mass is 554 g/mol. The summed E-state index contributed by atoms with van der Waals surface area (Å²) in [6, 6.07) is 19.5. The van der Waals surface area contributed by atoms with Crippen LogP contribution in [0.4, 0.5) is 10.1 Å². The van der Waals surface area contributed by atoms with Crippen molar-refractivity contribution in [3.05, 3.63) is 99.9 Å². The molecule has 9 heteroatoms. The molecule has 0 atom stereocenters. The third-order valence-electron chi connectivity index (χ3n) is 7.26. The van der Waals surface area contributed by atoms with Crippen LogP contribution in [0.25, 0.3) is 28.7 Å². The fraction of sp³-hybridized carbons (Fsp3) is 0.281. The summed E-state index contributed by atoms with van der Waals surface area (Å²) >= 11 is 0. The number of likely N-dealkylation sites (N-methyl/N-ethyl adjacent to an activating group) is 2. The zero-order valence-electron chi connectivity index (χ0n) is 23.7. The molecule has 0 unspecified atom stereocenters. The Morgan fingerprint density at radius 1 is 1.00 bits per heavy atom. The van der Waals surface area contributed by atoms with Gasteiger partial charge in [-0.25, -0.2) is 9.37 Å². The van der Waals surface area contributed by atoms with Crippen molar-refractivity contribution in [2.24, 2.45) is 0 Å². The Morgan fingerprint density at radius 3 is 2.39 bits per heavy atom. The van der Waals surface area contributed by atoms with Crippen LogP contribution in [-0.2, 0) is 0 Å². The number of nitrogens with one attached hydrogen (secondary N) is 1. The second-order valence-electron chi connectivity index (χ2n) is 10.6. The molecule has 0 aliphatic carbocycles. The summed E-state index contributed by atoms with van der Waals surface area (Å²) in [5.74, 6) is -0.121. The number of hydrogen-bond acceptors (Lipinski definition) is 6. The molecular formula is C32H35FN6O2. The lowest BCUT2D eigenvalue weighted by molar-refractivity contribution is 0.0951. The normalized spacial score (nSPS) is 14.3. The molecule has 0 spiro atoms. The van der Waals surface area contributed by atoms with E-state index in [1.54, 1.807) is 24.3 Å². The van der Waals surface area contributed by atoms with Crippen LogP contribution in [0.15, 0.2) is 71.5 Å². The third-order valence-corrected chi connectivity index (χ3v) is 7.26. The van der Waals surface area contributed by atoms with Gasteiger partial charge in [0.1, 0.15) is 11.6 Å². The number of carbonyl (C=O) groups excluding carboxylic acids is 1. The van der Waals surface area contributed by atoms with Crippen molar-refractivity contribution < 1.29 is 9.18 Å². The second kappa shape index (κ2) is 12.4. The van der Waals surface area contributed by atoms with Gasteiger partial charge in [-0.05, 0) is 69.2 Å². The number of carbonyl (C=O) groups is 1. The molecule has 1 saturated heterocycles. The Morgan fingerprint density at radius 2 is 1.71 bits per heavy atom. The van der Waals surface area contributed by atoms with Crippen LogP contribution in [0, 0.1) is 5.82 Å². The highest BCUT2D eigenvalue weighted by Gasteiger charge is 2.20. The van der Waals surface area contributed by atoms with E-state index in [4.69, 9.17) is 4.98 Å². The quantitative estimate of drug-likeness (QED) is 0.358. The first kappa shape index (κ1) is 28.2. The fourth-order valence-electron chi connectivity index (χ4n) is 4.85. The molecule has 0 bridgehead atoms. The summed E-state index contributed by atoms with van der Waals surface area (Å²) in [5.41, 5.74) is 2.63. The zero-order chi connectivity index (χ0) is 28.9. The molecule has 4 aromatic rings. The summed E-state index contributed by atoms with van der Waals surface area (Å²) in [4.78, 5) is 37.2. The number of para-hydroxylation sites is 1. The number of hydrogen-bond donors (Lipinski definition) is 1. The van der Waals surface area contributed by atoms with E-state index < -0.39 is 5.82 Å². The molecule has 1 aromatic heterocycles. The van der Waals surface area contributed by atoms with E-state index in [9.17, 15) is 9.59 Å². The van der Waals surface area contributed by atoms with Crippen molar-refractivity contribution in [2.45, 2.75) is 0 Å². The van der Waals surface area contributed by atoms with Crippen LogP contribution in [0.1, 0.15) is 21.7 Å². The summed E-state index contributed by atoms with van der Waals surface area (Å²) in [5, 5.41) is 3.14. The number of amides is 1. The third kappa shape index (κ3) is 6.53. The number of anilines is 1. The van der Waals surface area contributed by atoms with E-state index >= 15 is 4.39 Å². The average Bonchev–Trinajstić information content (AvgIpc) is 2.97. The van der Waals surface area contributed by atoms with Gasteiger partial charge in [-0.15, -0.1) is 0 Å². The molecule has 212 valence electrons. The van der Waals surface area contributed by atoms with Crippen LogP contribution in [0.3, 0.4) is 0 Å². The van der Waals surface area contributed by atoms with Crippen molar-refractivity contribution in [3.63, 3.8) is 0 Å². The van der Waals surface area contributed by atoms with Gasteiger partial charge in [0, 0.05) is 44.8 Å². The van der Waals surface area contributed by atoms with Crippen LogP contribution in [-0.4, -0.2) is 85.7 Å². The van der Waals surface area contributed by atoms with Crippen LogP contribution in [0.5, 0.6) is 0 Å². The largest absolute Gasteiger partial charge is 0.367 e. The maximum atomic E-state index is 15.3. The second-order valence-corrected chi connectivity index (χ2v) is 10.6. The Kier molecular flexibility index (Phi) is 8.56. The molecule has 3 aromatic carbocycles. The van der Waals surface area contributed by atoms with Gasteiger partial charge < -0.3 is 20.0 Å². The van der Waals surface area contributed by atoms with Gasteiger partial charge in [-0.2, -0.15) is 0 Å². The highest BCUT2D eigenvalue weighted by Crippen LogP contribution is 2.26. The molecule has 5 rings (SSSR count). The maximum Gasteiger partial charge on any atom is 0.266 e. The van der Waals surface area contributed by atoms with Crippen molar-refractivity contribution in [1.29, 1.82) is 0 Å². The lowest BCUT2D eigenvalue weighted by Crippen LogP contribution is -2.44. The molecule has 41 heavy (non-hydrogen) atoms. The summed E-state index contributed by atoms with van der Waals surface area (Å²) in [7, 11) is 5.97. The molecule has 0 radical (unpaired) electrons.